The van der Waals surface area contributed by atoms with Crippen molar-refractivity contribution in [1.29, 1.82) is 0 Å². The first-order valence-electron chi connectivity index (χ1n) is 13.4. The smallest absolute Gasteiger partial charge is 0.227 e. The Morgan fingerprint density at radius 2 is 1.75 bits per heavy atom. The number of rotatable bonds is 15. The predicted octanol–water partition coefficient (Wildman–Crippen LogP) is 1.62. The standard InChI is InChI=1S/C29H40N2O9/c1-4-21-22(18-27(35)31(7-12-32)11-13-37-2)28(24(34)19-23(21)33)29(36)20-5-6-25(38-3)26(17-20)40-16-10-30-8-14-39-15-9-30/h5-6,17,19,32-34H,4,7-16,18H2,1-3H3. The highest BCUT2D eigenvalue weighted by Crippen LogP contribution is 2.36. The van der Waals surface area contributed by atoms with Crippen LogP contribution in [0, 0.1) is 0 Å². The molecule has 2 aromatic rings. The zero-order chi connectivity index (χ0) is 29.1. The Morgan fingerprint density at radius 1 is 1.00 bits per heavy atom. The van der Waals surface area contributed by atoms with Crippen LogP contribution in [-0.4, -0.2) is 117 Å². The van der Waals surface area contributed by atoms with E-state index in [-0.39, 0.29) is 61.1 Å². The zero-order valence-electron chi connectivity index (χ0n) is 23.5. The minimum absolute atomic E-state index is 0.0666. The van der Waals surface area contributed by atoms with Gasteiger partial charge in [-0.15, -0.1) is 0 Å². The Hall–Kier alpha value is -3.38. The minimum Gasteiger partial charge on any atom is -0.508 e. The van der Waals surface area contributed by atoms with Crippen molar-refractivity contribution in [3.05, 3.63) is 46.5 Å². The third kappa shape index (κ3) is 7.85. The summed E-state index contributed by atoms with van der Waals surface area (Å²) >= 11 is 0. The van der Waals surface area contributed by atoms with Crippen LogP contribution in [0.15, 0.2) is 24.3 Å². The first kappa shape index (κ1) is 31.2. The Kier molecular flexibility index (Phi) is 12.0. The minimum atomic E-state index is -0.527. The number of ketones is 1. The van der Waals surface area contributed by atoms with Crippen molar-refractivity contribution in [2.24, 2.45) is 0 Å². The van der Waals surface area contributed by atoms with Crippen molar-refractivity contribution >= 4 is 11.7 Å². The number of amides is 1. The Labute approximate surface area is 234 Å². The topological polar surface area (TPSA) is 138 Å². The van der Waals surface area contributed by atoms with Gasteiger partial charge in [0, 0.05) is 51.5 Å². The summed E-state index contributed by atoms with van der Waals surface area (Å²) in [6.45, 7) is 6.20. The van der Waals surface area contributed by atoms with E-state index in [1.807, 2.05) is 0 Å². The molecular weight excluding hydrogens is 520 g/mol. The van der Waals surface area contributed by atoms with Gasteiger partial charge in [0.05, 0.1) is 45.5 Å². The molecule has 40 heavy (non-hydrogen) atoms. The molecule has 11 nitrogen and oxygen atoms in total. The van der Waals surface area contributed by atoms with E-state index in [2.05, 4.69) is 4.90 Å². The van der Waals surface area contributed by atoms with Gasteiger partial charge in [-0.2, -0.15) is 0 Å². The molecule has 1 heterocycles. The van der Waals surface area contributed by atoms with Crippen LogP contribution in [0.4, 0.5) is 0 Å². The summed E-state index contributed by atoms with van der Waals surface area (Å²) in [5.41, 5.74) is 0.787. The Balaban J connectivity index is 1.92. The van der Waals surface area contributed by atoms with Gasteiger partial charge >= 0.3 is 0 Å². The van der Waals surface area contributed by atoms with Crippen LogP contribution in [0.3, 0.4) is 0 Å². The molecule has 0 atom stereocenters. The van der Waals surface area contributed by atoms with Crippen LogP contribution in [0.25, 0.3) is 0 Å². The van der Waals surface area contributed by atoms with E-state index < -0.39 is 11.5 Å². The van der Waals surface area contributed by atoms with Crippen molar-refractivity contribution in [2.75, 3.05) is 80.0 Å². The van der Waals surface area contributed by atoms with Gasteiger partial charge in [0.1, 0.15) is 18.1 Å². The molecule has 0 spiro atoms. The van der Waals surface area contributed by atoms with E-state index in [4.69, 9.17) is 18.9 Å². The predicted molar refractivity (Wildman–Crippen MR) is 148 cm³/mol. The highest BCUT2D eigenvalue weighted by Gasteiger charge is 2.27. The second-order valence-electron chi connectivity index (χ2n) is 9.37. The third-order valence-electron chi connectivity index (χ3n) is 6.90. The number of hydrogen-bond acceptors (Lipinski definition) is 10. The molecule has 3 rings (SSSR count). The number of methoxy groups -OCH3 is 2. The number of hydrogen-bond donors (Lipinski definition) is 3. The fourth-order valence-corrected chi connectivity index (χ4v) is 4.72. The van der Waals surface area contributed by atoms with Crippen molar-refractivity contribution in [1.82, 2.24) is 9.80 Å². The molecule has 0 bridgehead atoms. The highest BCUT2D eigenvalue weighted by atomic mass is 16.5. The monoisotopic (exact) mass is 560 g/mol. The molecule has 1 amide bonds. The lowest BCUT2D eigenvalue weighted by atomic mass is 9.89. The lowest BCUT2D eigenvalue weighted by molar-refractivity contribution is -0.131. The van der Waals surface area contributed by atoms with Gasteiger partial charge in [0.25, 0.3) is 0 Å². The second-order valence-corrected chi connectivity index (χ2v) is 9.37. The summed E-state index contributed by atoms with van der Waals surface area (Å²) in [5.74, 6) is -0.702. The van der Waals surface area contributed by atoms with Gasteiger partial charge in [-0.25, -0.2) is 0 Å². The number of benzene rings is 2. The first-order valence-corrected chi connectivity index (χ1v) is 13.4. The number of aliphatic hydroxyl groups excluding tert-OH is 1. The van der Waals surface area contributed by atoms with Gasteiger partial charge in [0.15, 0.2) is 17.3 Å². The van der Waals surface area contributed by atoms with E-state index in [0.717, 1.165) is 19.2 Å². The number of ether oxygens (including phenoxy) is 4. The molecule has 0 aliphatic carbocycles. The number of aromatic hydroxyl groups is 2. The number of aliphatic hydroxyl groups is 1. The SMILES string of the molecule is CCc1c(O)cc(O)c(C(=O)c2ccc(OC)c(OCCN3CCOCC3)c2)c1CC(=O)N(CCO)CCOC. The van der Waals surface area contributed by atoms with Gasteiger partial charge in [-0.05, 0) is 35.7 Å². The Morgan fingerprint density at radius 3 is 2.40 bits per heavy atom. The molecule has 1 aliphatic rings. The molecule has 0 aromatic heterocycles. The quantitative estimate of drug-likeness (QED) is 0.276. The number of phenolic OH excluding ortho intramolecular Hbond substituents is 2. The molecule has 1 fully saturated rings. The largest absolute Gasteiger partial charge is 0.508 e. The van der Waals surface area contributed by atoms with Crippen LogP contribution in [0.2, 0.25) is 0 Å². The average Bonchev–Trinajstić information content (AvgIpc) is 2.95. The van der Waals surface area contributed by atoms with Crippen LogP contribution in [-0.2, 0) is 27.1 Å². The summed E-state index contributed by atoms with van der Waals surface area (Å²) in [6, 6.07) is 5.87. The molecular formula is C29H40N2O9. The summed E-state index contributed by atoms with van der Waals surface area (Å²) in [6.07, 6.45) is 0.0700. The van der Waals surface area contributed by atoms with Crippen molar-refractivity contribution in [3.63, 3.8) is 0 Å². The maximum atomic E-state index is 13.8. The van der Waals surface area contributed by atoms with Crippen LogP contribution < -0.4 is 9.47 Å². The van der Waals surface area contributed by atoms with Gasteiger partial charge in [0.2, 0.25) is 5.91 Å². The van der Waals surface area contributed by atoms with Gasteiger partial charge in [-0.1, -0.05) is 6.92 Å². The third-order valence-corrected chi connectivity index (χ3v) is 6.90. The van der Waals surface area contributed by atoms with Crippen molar-refractivity contribution in [3.8, 4) is 23.0 Å². The van der Waals surface area contributed by atoms with Gasteiger partial charge < -0.3 is 39.2 Å². The lowest BCUT2D eigenvalue weighted by Gasteiger charge is -2.26. The van der Waals surface area contributed by atoms with Crippen molar-refractivity contribution < 1.29 is 43.9 Å². The maximum Gasteiger partial charge on any atom is 0.227 e. The number of morpholine rings is 1. The van der Waals surface area contributed by atoms with Crippen molar-refractivity contribution in [2.45, 2.75) is 19.8 Å². The Bertz CT molecular complexity index is 1150. The molecule has 1 aliphatic heterocycles. The van der Waals surface area contributed by atoms with E-state index in [1.54, 1.807) is 25.1 Å². The average molecular weight is 561 g/mol. The van der Waals surface area contributed by atoms with E-state index >= 15 is 0 Å². The molecule has 11 heteroatoms. The van der Waals surface area contributed by atoms with Crippen LogP contribution >= 0.6 is 0 Å². The summed E-state index contributed by atoms with van der Waals surface area (Å²) in [4.78, 5) is 30.7. The number of phenols is 2. The lowest BCUT2D eigenvalue weighted by Crippen LogP contribution is -2.38. The molecule has 2 aromatic carbocycles. The summed E-state index contributed by atoms with van der Waals surface area (Å²) in [5, 5.41) is 30.8. The number of carbonyl (C=O) groups excluding carboxylic acids is 2. The van der Waals surface area contributed by atoms with Gasteiger partial charge in [-0.3, -0.25) is 14.5 Å². The number of nitrogens with zero attached hydrogens (tertiary/aromatic N) is 2. The molecule has 3 N–H and O–H groups in total. The number of carbonyl (C=O) groups is 2. The normalized spacial score (nSPS) is 13.7. The van der Waals surface area contributed by atoms with Crippen LogP contribution in [0.5, 0.6) is 23.0 Å². The zero-order valence-corrected chi connectivity index (χ0v) is 23.5. The first-order chi connectivity index (χ1) is 19.3. The molecule has 220 valence electrons. The molecule has 0 unspecified atom stereocenters. The fourth-order valence-electron chi connectivity index (χ4n) is 4.72. The summed E-state index contributed by atoms with van der Waals surface area (Å²) in [7, 11) is 3.02. The van der Waals surface area contributed by atoms with E-state index in [1.165, 1.54) is 19.1 Å². The maximum absolute atomic E-state index is 13.8. The molecule has 0 radical (unpaired) electrons. The molecule has 1 saturated heterocycles. The van der Waals surface area contributed by atoms with E-state index in [0.29, 0.717) is 49.8 Å². The summed E-state index contributed by atoms with van der Waals surface area (Å²) < 4.78 is 21.9. The highest BCUT2D eigenvalue weighted by molar-refractivity contribution is 6.12. The molecule has 0 saturated carbocycles. The van der Waals surface area contributed by atoms with Crippen LogP contribution in [0.1, 0.15) is 34.0 Å². The van der Waals surface area contributed by atoms with E-state index in [9.17, 15) is 24.9 Å². The second kappa shape index (κ2) is 15.4. The fraction of sp³-hybridized carbons (Fsp3) is 0.517.